The molecule has 5 heteroatoms. The molecule has 2 N–H and O–H groups in total. The third-order valence-corrected chi connectivity index (χ3v) is 5.03. The summed E-state index contributed by atoms with van der Waals surface area (Å²) >= 11 is 0. The van der Waals surface area contributed by atoms with E-state index < -0.39 is 0 Å². The van der Waals surface area contributed by atoms with Crippen molar-refractivity contribution < 1.29 is 0 Å². The minimum absolute atomic E-state index is 0.205. The van der Waals surface area contributed by atoms with E-state index in [-0.39, 0.29) is 6.04 Å². The second-order valence-corrected chi connectivity index (χ2v) is 7.12. The van der Waals surface area contributed by atoms with Crippen LogP contribution in [0.2, 0.25) is 0 Å². The summed E-state index contributed by atoms with van der Waals surface area (Å²) in [5, 5.41) is 0. The Morgan fingerprint density at radius 2 is 2.04 bits per heavy atom. The zero-order chi connectivity index (χ0) is 18.1. The number of nitrogens with two attached hydrogens (primary N) is 1. The Morgan fingerprint density at radius 3 is 2.77 bits per heavy atom. The molecule has 0 saturated carbocycles. The molecule has 1 aliphatic rings. The zero-order valence-electron chi connectivity index (χ0n) is 15.0. The summed E-state index contributed by atoms with van der Waals surface area (Å²) in [6.45, 7) is 11.8. The molecule has 4 rings (SSSR count). The fourth-order valence-corrected chi connectivity index (χ4v) is 3.67. The van der Waals surface area contributed by atoms with Crippen LogP contribution in [0.1, 0.15) is 24.0 Å². The van der Waals surface area contributed by atoms with Gasteiger partial charge in [-0.25, -0.2) is 9.83 Å². The minimum atomic E-state index is 0.205. The summed E-state index contributed by atoms with van der Waals surface area (Å²) in [4.78, 5) is 10.7. The van der Waals surface area contributed by atoms with Crippen LogP contribution in [0.25, 0.3) is 15.9 Å². The lowest BCUT2D eigenvalue weighted by Gasteiger charge is -2.32. The van der Waals surface area contributed by atoms with Gasteiger partial charge >= 0.3 is 0 Å². The second kappa shape index (κ2) is 6.81. The molecule has 1 fully saturated rings. The van der Waals surface area contributed by atoms with Gasteiger partial charge in [0.05, 0.1) is 24.2 Å². The van der Waals surface area contributed by atoms with E-state index in [1.165, 1.54) is 11.1 Å². The summed E-state index contributed by atoms with van der Waals surface area (Å²) in [6, 6.07) is 14.4. The molecule has 2 aromatic carbocycles. The highest BCUT2D eigenvalue weighted by molar-refractivity contribution is 5.80. The summed E-state index contributed by atoms with van der Waals surface area (Å²) in [6.07, 6.45) is 2.18. The molecule has 0 unspecified atom stereocenters. The molecule has 3 aromatic rings. The van der Waals surface area contributed by atoms with Crippen LogP contribution in [0, 0.1) is 13.5 Å². The first-order valence-electron chi connectivity index (χ1n) is 9.08. The summed E-state index contributed by atoms with van der Waals surface area (Å²) in [5.74, 6) is 0.995. The quantitative estimate of drug-likeness (QED) is 0.733. The molecule has 1 atom stereocenters. The largest absolute Gasteiger partial charge is 0.341 e. The SMILES string of the molecule is [C-]#[N+]c1ccc(Cn2c(N3CCC[C@H](N)C3)nc3ccc(C)cc32)cc1. The first-order valence-corrected chi connectivity index (χ1v) is 9.08. The molecule has 5 nitrogen and oxygen atoms in total. The molecule has 0 bridgehead atoms. The van der Waals surface area contributed by atoms with Crippen LogP contribution in [0.4, 0.5) is 11.6 Å². The number of hydrogen-bond acceptors (Lipinski definition) is 3. The third kappa shape index (κ3) is 3.16. The molecule has 132 valence electrons. The van der Waals surface area contributed by atoms with Crippen LogP contribution in [0.5, 0.6) is 0 Å². The normalized spacial score (nSPS) is 17.4. The van der Waals surface area contributed by atoms with Gasteiger partial charge in [-0.1, -0.05) is 30.3 Å². The fourth-order valence-electron chi connectivity index (χ4n) is 3.67. The molecule has 1 aromatic heterocycles. The lowest BCUT2D eigenvalue weighted by molar-refractivity contribution is 0.495. The van der Waals surface area contributed by atoms with Crippen molar-refractivity contribution in [3.05, 3.63) is 65.0 Å². The Hall–Kier alpha value is -2.84. The van der Waals surface area contributed by atoms with Gasteiger partial charge in [-0.2, -0.15) is 0 Å². The van der Waals surface area contributed by atoms with Gasteiger partial charge in [0.2, 0.25) is 5.95 Å². The van der Waals surface area contributed by atoms with Crippen LogP contribution >= 0.6 is 0 Å². The van der Waals surface area contributed by atoms with E-state index in [0.29, 0.717) is 5.69 Å². The number of benzene rings is 2. The average Bonchev–Trinajstić information content (AvgIpc) is 3.00. The number of aromatic nitrogens is 2. The van der Waals surface area contributed by atoms with Gasteiger partial charge in [0.1, 0.15) is 0 Å². The van der Waals surface area contributed by atoms with Crippen molar-refractivity contribution >= 4 is 22.7 Å². The maximum absolute atomic E-state index is 7.12. The minimum Gasteiger partial charge on any atom is -0.341 e. The number of rotatable bonds is 3. The highest BCUT2D eigenvalue weighted by Gasteiger charge is 2.22. The molecule has 0 aliphatic carbocycles. The standard InChI is InChI=1S/C21H23N5/c1-15-5-10-19-20(12-15)26(13-16-6-8-18(23-2)9-7-16)21(24-19)25-11-3-4-17(22)14-25/h5-10,12,17H,3-4,11,13-14,22H2,1H3/t17-/m0/s1. The van der Waals surface area contributed by atoms with E-state index in [9.17, 15) is 0 Å². The Bertz CT molecular complexity index is 964. The van der Waals surface area contributed by atoms with Crippen molar-refractivity contribution in [3.63, 3.8) is 0 Å². The maximum Gasteiger partial charge on any atom is 0.206 e. The van der Waals surface area contributed by atoms with Gasteiger partial charge in [-0.15, -0.1) is 0 Å². The highest BCUT2D eigenvalue weighted by Crippen LogP contribution is 2.27. The van der Waals surface area contributed by atoms with Crippen LogP contribution in [0.15, 0.2) is 42.5 Å². The van der Waals surface area contributed by atoms with Gasteiger partial charge in [0.15, 0.2) is 5.69 Å². The average molecular weight is 345 g/mol. The summed E-state index contributed by atoms with van der Waals surface area (Å²) in [7, 11) is 0. The zero-order valence-corrected chi connectivity index (χ0v) is 15.0. The van der Waals surface area contributed by atoms with E-state index in [1.54, 1.807) is 0 Å². The predicted molar refractivity (Wildman–Crippen MR) is 106 cm³/mol. The van der Waals surface area contributed by atoms with Crippen LogP contribution in [0.3, 0.4) is 0 Å². The summed E-state index contributed by atoms with van der Waals surface area (Å²) in [5.41, 5.74) is 11.4. The van der Waals surface area contributed by atoms with Crippen molar-refractivity contribution in [1.29, 1.82) is 0 Å². The smallest absolute Gasteiger partial charge is 0.206 e. The lowest BCUT2D eigenvalue weighted by Crippen LogP contribution is -2.44. The van der Waals surface area contributed by atoms with Gasteiger partial charge in [0.25, 0.3) is 0 Å². The van der Waals surface area contributed by atoms with Gasteiger partial charge in [0, 0.05) is 19.1 Å². The molecular formula is C21H23N5. The number of imidazole rings is 1. The number of nitrogens with zero attached hydrogens (tertiary/aromatic N) is 4. The van der Waals surface area contributed by atoms with Crippen LogP contribution < -0.4 is 10.6 Å². The van der Waals surface area contributed by atoms with E-state index in [1.807, 2.05) is 24.3 Å². The van der Waals surface area contributed by atoms with Gasteiger partial charge in [-0.3, -0.25) is 0 Å². The Kier molecular flexibility index (Phi) is 4.36. The summed E-state index contributed by atoms with van der Waals surface area (Å²) < 4.78 is 2.28. The van der Waals surface area contributed by atoms with Crippen molar-refractivity contribution in [2.75, 3.05) is 18.0 Å². The molecule has 1 aliphatic heterocycles. The molecule has 1 saturated heterocycles. The van der Waals surface area contributed by atoms with Crippen molar-refractivity contribution in [2.24, 2.45) is 5.73 Å². The van der Waals surface area contributed by atoms with Crippen molar-refractivity contribution in [3.8, 4) is 0 Å². The molecule has 0 radical (unpaired) electrons. The Labute approximate surface area is 153 Å². The topological polar surface area (TPSA) is 51.4 Å². The van der Waals surface area contributed by atoms with E-state index in [4.69, 9.17) is 17.3 Å². The number of aryl methyl sites for hydroxylation is 1. The first kappa shape index (κ1) is 16.6. The monoisotopic (exact) mass is 345 g/mol. The number of piperidine rings is 1. The van der Waals surface area contributed by atoms with E-state index in [2.05, 4.69) is 39.4 Å². The fraction of sp³-hybridized carbons (Fsp3) is 0.333. The second-order valence-electron chi connectivity index (χ2n) is 7.12. The number of hydrogen-bond donors (Lipinski definition) is 1. The third-order valence-electron chi connectivity index (χ3n) is 5.03. The maximum atomic E-state index is 7.12. The molecular weight excluding hydrogens is 322 g/mol. The van der Waals surface area contributed by atoms with Crippen LogP contribution in [-0.2, 0) is 6.54 Å². The van der Waals surface area contributed by atoms with Crippen LogP contribution in [-0.4, -0.2) is 28.7 Å². The van der Waals surface area contributed by atoms with Crippen molar-refractivity contribution in [2.45, 2.75) is 32.4 Å². The first-order chi connectivity index (χ1) is 12.6. The lowest BCUT2D eigenvalue weighted by atomic mass is 10.1. The molecule has 2 heterocycles. The number of fused-ring (bicyclic) bond motifs is 1. The molecule has 0 spiro atoms. The van der Waals surface area contributed by atoms with E-state index >= 15 is 0 Å². The van der Waals surface area contributed by atoms with E-state index in [0.717, 1.165) is 49.5 Å². The molecule has 0 amide bonds. The Balaban J connectivity index is 1.77. The highest BCUT2D eigenvalue weighted by atomic mass is 15.3. The van der Waals surface area contributed by atoms with Gasteiger partial charge < -0.3 is 15.2 Å². The van der Waals surface area contributed by atoms with Crippen molar-refractivity contribution in [1.82, 2.24) is 9.55 Å². The predicted octanol–water partition coefficient (Wildman–Crippen LogP) is 3.87. The van der Waals surface area contributed by atoms with Gasteiger partial charge in [-0.05, 0) is 43.0 Å². The Morgan fingerprint density at radius 1 is 1.23 bits per heavy atom. The number of anilines is 1. The molecule has 26 heavy (non-hydrogen) atoms.